The van der Waals surface area contributed by atoms with E-state index in [0.29, 0.717) is 17.2 Å². The van der Waals surface area contributed by atoms with E-state index in [2.05, 4.69) is 5.32 Å². The fourth-order valence-corrected chi connectivity index (χ4v) is 6.20. The summed E-state index contributed by atoms with van der Waals surface area (Å²) in [5.41, 5.74) is 2.93. The molecule has 0 spiro atoms. The number of sulfonamides is 1. The first-order valence-corrected chi connectivity index (χ1v) is 11.1. The molecule has 0 unspecified atom stereocenters. The Labute approximate surface area is 159 Å². The zero-order chi connectivity index (χ0) is 18.7. The fourth-order valence-electron chi connectivity index (χ4n) is 3.39. The highest BCUT2D eigenvalue weighted by atomic mass is 32.2. The van der Waals surface area contributed by atoms with Crippen LogP contribution in [-0.4, -0.2) is 31.2 Å². The Hall–Kier alpha value is -1.70. The Morgan fingerprint density at radius 3 is 2.77 bits per heavy atom. The maximum atomic E-state index is 12.9. The third-order valence-electron chi connectivity index (χ3n) is 4.71. The van der Waals surface area contributed by atoms with Crippen molar-refractivity contribution < 1.29 is 13.2 Å². The van der Waals surface area contributed by atoms with E-state index in [0.717, 1.165) is 29.7 Å². The second kappa shape index (κ2) is 7.90. The van der Waals surface area contributed by atoms with Gasteiger partial charge in [0.05, 0.1) is 0 Å². The second-order valence-electron chi connectivity index (χ2n) is 6.77. The number of nitrogens with zero attached hydrogens (tertiary/aromatic N) is 1. The minimum atomic E-state index is -3.53. The summed E-state index contributed by atoms with van der Waals surface area (Å²) in [6.45, 7) is 4.44. The van der Waals surface area contributed by atoms with E-state index in [1.807, 2.05) is 32.0 Å². The van der Waals surface area contributed by atoms with E-state index in [1.165, 1.54) is 15.6 Å². The normalized spacial score (nSPS) is 18.6. The minimum Gasteiger partial charge on any atom is -0.326 e. The molecular formula is C19H24N2O3S2. The predicted molar refractivity (Wildman–Crippen MR) is 105 cm³/mol. The molecule has 26 heavy (non-hydrogen) atoms. The van der Waals surface area contributed by atoms with Crippen molar-refractivity contribution in [3.8, 4) is 0 Å². The van der Waals surface area contributed by atoms with Crippen LogP contribution in [0.2, 0.25) is 0 Å². The molecular weight excluding hydrogens is 368 g/mol. The van der Waals surface area contributed by atoms with Gasteiger partial charge in [-0.1, -0.05) is 30.2 Å². The molecule has 140 valence electrons. The van der Waals surface area contributed by atoms with E-state index in [-0.39, 0.29) is 18.4 Å². The number of aryl methyl sites for hydroxylation is 2. The highest BCUT2D eigenvalue weighted by Gasteiger charge is 2.35. The number of amides is 1. The van der Waals surface area contributed by atoms with Gasteiger partial charge < -0.3 is 5.32 Å². The second-order valence-corrected chi connectivity index (χ2v) is 9.83. The predicted octanol–water partition coefficient (Wildman–Crippen LogP) is 3.94. The summed E-state index contributed by atoms with van der Waals surface area (Å²) in [7, 11) is -3.53. The van der Waals surface area contributed by atoms with E-state index in [9.17, 15) is 13.2 Å². The number of carbonyl (C=O) groups is 1. The number of anilines is 1. The summed E-state index contributed by atoms with van der Waals surface area (Å²) in [6.07, 6.45) is 2.67. The van der Waals surface area contributed by atoms with Gasteiger partial charge in [-0.05, 0) is 49.8 Å². The van der Waals surface area contributed by atoms with Gasteiger partial charge in [0, 0.05) is 24.7 Å². The van der Waals surface area contributed by atoms with Crippen LogP contribution in [0.1, 0.15) is 36.8 Å². The smallest absolute Gasteiger partial charge is 0.252 e. The van der Waals surface area contributed by atoms with E-state index in [4.69, 9.17) is 0 Å². The third kappa shape index (κ3) is 4.16. The number of piperidine rings is 1. The van der Waals surface area contributed by atoms with Gasteiger partial charge in [-0.15, -0.1) is 11.3 Å². The zero-order valence-corrected chi connectivity index (χ0v) is 16.7. The van der Waals surface area contributed by atoms with Crippen LogP contribution in [0.5, 0.6) is 0 Å². The molecule has 2 heterocycles. The topological polar surface area (TPSA) is 66.5 Å². The molecule has 5 nitrogen and oxygen atoms in total. The monoisotopic (exact) mass is 392 g/mol. The number of hydrogen-bond acceptors (Lipinski definition) is 4. The van der Waals surface area contributed by atoms with Gasteiger partial charge >= 0.3 is 0 Å². The summed E-state index contributed by atoms with van der Waals surface area (Å²) < 4.78 is 27.7. The Kier molecular flexibility index (Phi) is 5.79. The molecule has 0 radical (unpaired) electrons. The first-order valence-electron chi connectivity index (χ1n) is 8.80. The molecule has 1 N–H and O–H groups in total. The first-order chi connectivity index (χ1) is 12.4. The molecule has 0 bridgehead atoms. The lowest BCUT2D eigenvalue weighted by atomic mass is 10.0. The van der Waals surface area contributed by atoms with Crippen LogP contribution in [0.25, 0.3) is 0 Å². The molecule has 1 saturated heterocycles. The lowest BCUT2D eigenvalue weighted by molar-refractivity contribution is -0.117. The largest absolute Gasteiger partial charge is 0.326 e. The van der Waals surface area contributed by atoms with Crippen LogP contribution in [0.3, 0.4) is 0 Å². The quantitative estimate of drug-likeness (QED) is 0.838. The van der Waals surface area contributed by atoms with Crippen LogP contribution < -0.4 is 5.32 Å². The average molecular weight is 393 g/mol. The number of nitrogens with one attached hydrogen (secondary N) is 1. The zero-order valence-electron chi connectivity index (χ0n) is 15.1. The van der Waals surface area contributed by atoms with Crippen molar-refractivity contribution in [1.29, 1.82) is 0 Å². The summed E-state index contributed by atoms with van der Waals surface area (Å²) >= 11 is 1.22. The summed E-state index contributed by atoms with van der Waals surface area (Å²) in [5, 5.41) is 4.70. The van der Waals surface area contributed by atoms with Crippen molar-refractivity contribution in [2.75, 3.05) is 11.9 Å². The van der Waals surface area contributed by atoms with Crippen LogP contribution in [0.15, 0.2) is 39.9 Å². The third-order valence-corrected chi connectivity index (χ3v) is 8.03. The van der Waals surface area contributed by atoms with Crippen molar-refractivity contribution in [3.63, 3.8) is 0 Å². The maximum absolute atomic E-state index is 12.9. The van der Waals surface area contributed by atoms with Gasteiger partial charge in [-0.25, -0.2) is 8.42 Å². The molecule has 1 atom stereocenters. The number of benzene rings is 1. The van der Waals surface area contributed by atoms with Crippen LogP contribution in [0, 0.1) is 13.8 Å². The average Bonchev–Trinajstić information content (AvgIpc) is 3.13. The Balaban J connectivity index is 1.73. The number of thiophene rings is 1. The van der Waals surface area contributed by atoms with E-state index < -0.39 is 10.0 Å². The number of carbonyl (C=O) groups excluding carboxylic acids is 1. The Morgan fingerprint density at radius 2 is 2.08 bits per heavy atom. The maximum Gasteiger partial charge on any atom is 0.252 e. The van der Waals surface area contributed by atoms with Crippen LogP contribution in [0.4, 0.5) is 5.69 Å². The van der Waals surface area contributed by atoms with Gasteiger partial charge in [0.15, 0.2) is 0 Å². The lowest BCUT2D eigenvalue weighted by Gasteiger charge is -2.34. The summed E-state index contributed by atoms with van der Waals surface area (Å²) in [6, 6.07) is 8.94. The summed E-state index contributed by atoms with van der Waals surface area (Å²) in [5.74, 6) is -0.143. The molecule has 1 aromatic carbocycles. The Bertz CT molecular complexity index is 876. The number of hydrogen-bond donors (Lipinski definition) is 1. The van der Waals surface area contributed by atoms with Crippen molar-refractivity contribution in [2.24, 2.45) is 0 Å². The molecule has 1 amide bonds. The highest BCUT2D eigenvalue weighted by Crippen LogP contribution is 2.29. The number of rotatable bonds is 5. The molecule has 1 aliphatic rings. The van der Waals surface area contributed by atoms with Crippen molar-refractivity contribution >= 4 is 33.0 Å². The molecule has 0 saturated carbocycles. The van der Waals surface area contributed by atoms with Crippen molar-refractivity contribution in [1.82, 2.24) is 4.31 Å². The van der Waals surface area contributed by atoms with Crippen molar-refractivity contribution in [3.05, 3.63) is 46.8 Å². The van der Waals surface area contributed by atoms with Gasteiger partial charge in [-0.2, -0.15) is 4.31 Å². The Morgan fingerprint density at radius 1 is 1.27 bits per heavy atom. The van der Waals surface area contributed by atoms with E-state index in [1.54, 1.807) is 17.5 Å². The molecule has 1 aromatic heterocycles. The summed E-state index contributed by atoms with van der Waals surface area (Å²) in [4.78, 5) is 12.5. The minimum absolute atomic E-state index is 0.143. The van der Waals surface area contributed by atoms with Gasteiger partial charge in [0.2, 0.25) is 5.91 Å². The molecule has 2 aromatic rings. The highest BCUT2D eigenvalue weighted by molar-refractivity contribution is 7.91. The van der Waals surface area contributed by atoms with Crippen molar-refractivity contribution in [2.45, 2.75) is 49.8 Å². The van der Waals surface area contributed by atoms with Gasteiger partial charge in [-0.3, -0.25) is 4.79 Å². The molecule has 3 rings (SSSR count). The fraction of sp³-hybridized carbons (Fsp3) is 0.421. The standard InChI is InChI=1S/C19H24N2O3S2/c1-14-8-9-17(15(2)12-14)20-18(22)13-16-6-3-4-10-21(16)26(23,24)19-7-5-11-25-19/h5,7-9,11-12,16H,3-4,6,10,13H2,1-2H3,(H,20,22)/t16-/m1/s1. The van der Waals surface area contributed by atoms with Crippen LogP contribution in [-0.2, 0) is 14.8 Å². The molecule has 0 aliphatic carbocycles. The lowest BCUT2D eigenvalue weighted by Crippen LogP contribution is -2.45. The van der Waals surface area contributed by atoms with E-state index >= 15 is 0 Å². The SMILES string of the molecule is Cc1ccc(NC(=O)C[C@H]2CCCCN2S(=O)(=O)c2cccs2)c(C)c1. The van der Waals surface area contributed by atoms with Crippen LogP contribution >= 0.6 is 11.3 Å². The molecule has 7 heteroatoms. The molecule has 1 aliphatic heterocycles. The van der Waals surface area contributed by atoms with Gasteiger partial charge in [0.25, 0.3) is 10.0 Å². The first kappa shape index (κ1) is 19.1. The van der Waals surface area contributed by atoms with Gasteiger partial charge in [0.1, 0.15) is 4.21 Å². The molecule has 1 fully saturated rings.